The second kappa shape index (κ2) is 9.38. The zero-order valence-corrected chi connectivity index (χ0v) is 17.0. The number of likely N-dealkylation sites (tertiary alicyclic amines) is 1. The van der Waals surface area contributed by atoms with Crippen molar-refractivity contribution in [1.29, 1.82) is 0 Å². The van der Waals surface area contributed by atoms with Gasteiger partial charge in [-0.15, -0.1) is 0 Å². The number of anilines is 1. The first-order valence-corrected chi connectivity index (χ1v) is 10.9. The molecular weight excluding hydrogens is 365 g/mol. The molecule has 0 unspecified atom stereocenters. The van der Waals surface area contributed by atoms with Crippen LogP contribution in [0.4, 0.5) is 10.2 Å². The molecule has 0 spiro atoms. The Hall–Kier alpha value is -2.43. The summed E-state index contributed by atoms with van der Waals surface area (Å²) >= 11 is 0. The molecule has 2 aliphatic rings. The van der Waals surface area contributed by atoms with Gasteiger partial charge in [0.2, 0.25) is 0 Å². The maximum Gasteiger partial charge on any atom is 0.257 e. The van der Waals surface area contributed by atoms with E-state index in [-0.39, 0.29) is 11.7 Å². The monoisotopic (exact) mass is 395 g/mol. The van der Waals surface area contributed by atoms with Crippen LogP contribution in [-0.2, 0) is 6.42 Å². The Kier molecular flexibility index (Phi) is 6.43. The lowest BCUT2D eigenvalue weighted by Crippen LogP contribution is -2.40. The Morgan fingerprint density at radius 3 is 2.76 bits per heavy atom. The minimum absolute atomic E-state index is 0.120. The van der Waals surface area contributed by atoms with E-state index in [0.717, 1.165) is 75.2 Å². The molecule has 1 aromatic heterocycles. The number of pyridine rings is 1. The Balaban J connectivity index is 1.43. The van der Waals surface area contributed by atoms with Crippen LogP contribution in [0.25, 0.3) is 0 Å². The van der Waals surface area contributed by atoms with Crippen molar-refractivity contribution in [3.8, 4) is 0 Å². The third-order valence-electron chi connectivity index (χ3n) is 6.21. The molecule has 2 fully saturated rings. The van der Waals surface area contributed by atoms with Crippen molar-refractivity contribution in [3.05, 3.63) is 59.5 Å². The Labute approximate surface area is 172 Å². The largest absolute Gasteiger partial charge is 0.356 e. The van der Waals surface area contributed by atoms with E-state index < -0.39 is 0 Å². The van der Waals surface area contributed by atoms with Crippen molar-refractivity contribution in [2.75, 3.05) is 31.1 Å². The number of piperidine rings is 2. The van der Waals surface area contributed by atoms with Gasteiger partial charge in [0.25, 0.3) is 5.91 Å². The summed E-state index contributed by atoms with van der Waals surface area (Å²) in [6.45, 7) is 3.55. The lowest BCUT2D eigenvalue weighted by molar-refractivity contribution is 0.0724. The van der Waals surface area contributed by atoms with E-state index in [9.17, 15) is 9.18 Å². The summed E-state index contributed by atoms with van der Waals surface area (Å²) in [4.78, 5) is 22.0. The first-order chi connectivity index (χ1) is 14.2. The van der Waals surface area contributed by atoms with Crippen molar-refractivity contribution in [2.24, 2.45) is 5.92 Å². The summed E-state index contributed by atoms with van der Waals surface area (Å²) in [5, 5.41) is 0. The number of hydrogen-bond acceptors (Lipinski definition) is 3. The van der Waals surface area contributed by atoms with Gasteiger partial charge in [-0.05, 0) is 80.7 Å². The minimum Gasteiger partial charge on any atom is -0.356 e. The lowest BCUT2D eigenvalue weighted by Gasteiger charge is -2.35. The number of benzene rings is 1. The van der Waals surface area contributed by atoms with E-state index in [0.29, 0.717) is 5.92 Å². The van der Waals surface area contributed by atoms with Crippen molar-refractivity contribution in [3.63, 3.8) is 0 Å². The van der Waals surface area contributed by atoms with Gasteiger partial charge >= 0.3 is 0 Å². The molecule has 154 valence electrons. The molecule has 5 heteroatoms. The number of rotatable bonds is 5. The molecule has 29 heavy (non-hydrogen) atoms. The molecule has 2 aliphatic heterocycles. The number of halogens is 1. The van der Waals surface area contributed by atoms with Crippen molar-refractivity contribution >= 4 is 11.7 Å². The van der Waals surface area contributed by atoms with Gasteiger partial charge < -0.3 is 9.80 Å². The topological polar surface area (TPSA) is 36.4 Å². The zero-order valence-electron chi connectivity index (χ0n) is 17.0. The summed E-state index contributed by atoms with van der Waals surface area (Å²) in [5.74, 6) is 1.32. The van der Waals surface area contributed by atoms with Crippen LogP contribution in [0.1, 0.15) is 54.4 Å². The number of carbonyl (C=O) groups is 1. The fraction of sp³-hybridized carbons (Fsp3) is 0.500. The van der Waals surface area contributed by atoms with Crippen LogP contribution in [-0.4, -0.2) is 42.0 Å². The Morgan fingerprint density at radius 2 is 1.93 bits per heavy atom. The van der Waals surface area contributed by atoms with Gasteiger partial charge in [0.1, 0.15) is 11.6 Å². The highest BCUT2D eigenvalue weighted by Crippen LogP contribution is 2.28. The third-order valence-corrected chi connectivity index (χ3v) is 6.21. The van der Waals surface area contributed by atoms with Crippen LogP contribution < -0.4 is 4.90 Å². The smallest absolute Gasteiger partial charge is 0.257 e. The van der Waals surface area contributed by atoms with Crippen LogP contribution in [0.3, 0.4) is 0 Å². The summed E-state index contributed by atoms with van der Waals surface area (Å²) in [5.41, 5.74) is 1.79. The average molecular weight is 396 g/mol. The molecule has 4 rings (SSSR count). The van der Waals surface area contributed by atoms with Crippen molar-refractivity contribution in [1.82, 2.24) is 9.88 Å². The summed E-state index contributed by atoms with van der Waals surface area (Å²) in [6.07, 6.45) is 9.37. The SMILES string of the molecule is O=C(c1cccnc1N1CCC[C@H](CCc2cccc(F)c2)C1)N1CCCCC1. The first-order valence-electron chi connectivity index (χ1n) is 10.9. The molecule has 1 atom stereocenters. The van der Waals surface area contributed by atoms with Crippen LogP contribution in [0.15, 0.2) is 42.6 Å². The molecule has 0 N–H and O–H groups in total. The molecule has 4 nitrogen and oxygen atoms in total. The van der Waals surface area contributed by atoms with E-state index in [1.54, 1.807) is 18.3 Å². The highest BCUT2D eigenvalue weighted by atomic mass is 19.1. The van der Waals surface area contributed by atoms with Crippen LogP contribution >= 0.6 is 0 Å². The van der Waals surface area contributed by atoms with Gasteiger partial charge in [0, 0.05) is 32.4 Å². The van der Waals surface area contributed by atoms with E-state index in [4.69, 9.17) is 0 Å². The second-order valence-corrected chi connectivity index (χ2v) is 8.35. The van der Waals surface area contributed by atoms with Gasteiger partial charge in [-0.3, -0.25) is 4.79 Å². The zero-order chi connectivity index (χ0) is 20.1. The predicted octanol–water partition coefficient (Wildman–Crippen LogP) is 4.70. The molecule has 0 saturated carbocycles. The fourth-order valence-corrected chi connectivity index (χ4v) is 4.64. The number of amides is 1. The minimum atomic E-state index is -0.165. The highest BCUT2D eigenvalue weighted by Gasteiger charge is 2.27. The van der Waals surface area contributed by atoms with Crippen molar-refractivity contribution < 1.29 is 9.18 Å². The summed E-state index contributed by atoms with van der Waals surface area (Å²) in [6, 6.07) is 10.7. The highest BCUT2D eigenvalue weighted by molar-refractivity contribution is 5.99. The van der Waals surface area contributed by atoms with Gasteiger partial charge in [0.05, 0.1) is 5.56 Å². The number of aromatic nitrogens is 1. The fourth-order valence-electron chi connectivity index (χ4n) is 4.64. The maximum atomic E-state index is 13.4. The molecule has 3 heterocycles. The van der Waals surface area contributed by atoms with E-state index in [1.807, 2.05) is 23.1 Å². The third kappa shape index (κ3) is 4.95. The van der Waals surface area contributed by atoms with Gasteiger partial charge in [-0.1, -0.05) is 12.1 Å². The lowest BCUT2D eigenvalue weighted by atomic mass is 9.91. The molecule has 0 bridgehead atoms. The number of nitrogens with zero attached hydrogens (tertiary/aromatic N) is 3. The maximum absolute atomic E-state index is 13.4. The van der Waals surface area contributed by atoms with E-state index in [2.05, 4.69) is 9.88 Å². The van der Waals surface area contributed by atoms with Gasteiger partial charge in [0.15, 0.2) is 0 Å². The number of carbonyl (C=O) groups excluding carboxylic acids is 1. The van der Waals surface area contributed by atoms with E-state index in [1.165, 1.54) is 18.9 Å². The number of aryl methyl sites for hydroxylation is 1. The Bertz CT molecular complexity index is 834. The Morgan fingerprint density at radius 1 is 1.07 bits per heavy atom. The molecule has 0 radical (unpaired) electrons. The first kappa shape index (κ1) is 19.9. The quantitative estimate of drug-likeness (QED) is 0.737. The summed E-state index contributed by atoms with van der Waals surface area (Å²) in [7, 11) is 0. The van der Waals surface area contributed by atoms with Crippen LogP contribution in [0, 0.1) is 11.7 Å². The molecule has 1 amide bonds. The van der Waals surface area contributed by atoms with Crippen molar-refractivity contribution in [2.45, 2.75) is 44.9 Å². The van der Waals surface area contributed by atoms with E-state index >= 15 is 0 Å². The van der Waals surface area contributed by atoms with Gasteiger partial charge in [-0.25, -0.2) is 9.37 Å². The molecular formula is C24H30FN3O. The average Bonchev–Trinajstić information content (AvgIpc) is 2.78. The summed E-state index contributed by atoms with van der Waals surface area (Å²) < 4.78 is 13.4. The van der Waals surface area contributed by atoms with Crippen LogP contribution in [0.2, 0.25) is 0 Å². The van der Waals surface area contributed by atoms with Gasteiger partial charge in [-0.2, -0.15) is 0 Å². The second-order valence-electron chi connectivity index (χ2n) is 8.35. The number of hydrogen-bond donors (Lipinski definition) is 0. The normalized spacial score (nSPS) is 20.0. The predicted molar refractivity (Wildman–Crippen MR) is 114 cm³/mol. The standard InChI is InChI=1S/C24H30FN3O/c25-21-9-4-7-19(17-21)11-12-20-8-6-16-28(18-20)23-22(10-5-13-26-23)24(29)27-14-2-1-3-15-27/h4-5,7,9-10,13,17,20H,1-3,6,8,11-12,14-16,18H2/t20-/m1/s1. The molecule has 0 aliphatic carbocycles. The molecule has 1 aromatic carbocycles. The molecule has 2 aromatic rings. The van der Waals surface area contributed by atoms with Crippen LogP contribution in [0.5, 0.6) is 0 Å². The molecule has 2 saturated heterocycles.